The fraction of sp³-hybridized carbons (Fsp3) is 0.955. The molecule has 0 heterocycles. The quantitative estimate of drug-likeness (QED) is 0.761. The highest BCUT2D eigenvalue weighted by atomic mass is 16.3. The van der Waals surface area contributed by atoms with Crippen molar-refractivity contribution in [2.75, 3.05) is 0 Å². The Kier molecular flexibility index (Phi) is 3.95. The van der Waals surface area contributed by atoms with Gasteiger partial charge in [0.2, 0.25) is 0 Å². The van der Waals surface area contributed by atoms with Gasteiger partial charge in [-0.05, 0) is 85.9 Å². The predicted molar refractivity (Wildman–Crippen MR) is 96.6 cm³/mol. The second-order valence-corrected chi connectivity index (χ2v) is 10.2. The molecule has 0 bridgehead atoms. The molecule has 0 radical (unpaired) electrons. The average Bonchev–Trinajstić information content (AvgIpc) is 2.80. The maximum Gasteiger partial charge on any atom is 0.133 e. The van der Waals surface area contributed by atoms with Crippen LogP contribution >= 0.6 is 0 Å². The van der Waals surface area contributed by atoms with E-state index in [1.54, 1.807) is 0 Å². The molecule has 1 N–H and O–H groups in total. The summed E-state index contributed by atoms with van der Waals surface area (Å²) >= 11 is 0. The third kappa shape index (κ3) is 2.14. The van der Waals surface area contributed by atoms with Gasteiger partial charge < -0.3 is 5.11 Å². The van der Waals surface area contributed by atoms with Gasteiger partial charge >= 0.3 is 0 Å². The van der Waals surface area contributed by atoms with Crippen molar-refractivity contribution >= 4 is 5.78 Å². The van der Waals surface area contributed by atoms with Gasteiger partial charge in [-0.1, -0.05) is 27.2 Å². The fourth-order valence-electron chi connectivity index (χ4n) is 7.98. The van der Waals surface area contributed by atoms with Gasteiger partial charge in [-0.3, -0.25) is 4.79 Å². The fourth-order valence-corrected chi connectivity index (χ4v) is 7.98. The molecule has 4 fully saturated rings. The number of carbonyl (C=O) groups excluding carboxylic acids is 1. The number of carbonyl (C=O) groups is 1. The number of aliphatic hydroxyl groups is 1. The van der Waals surface area contributed by atoms with Crippen molar-refractivity contribution in [3.8, 4) is 0 Å². The molecular weight excluding hydrogens is 296 g/mol. The zero-order valence-corrected chi connectivity index (χ0v) is 15.9. The lowest BCUT2D eigenvalue weighted by Crippen LogP contribution is -2.56. The van der Waals surface area contributed by atoms with E-state index in [0.717, 1.165) is 50.4 Å². The summed E-state index contributed by atoms with van der Waals surface area (Å²) in [4.78, 5) is 12.0. The zero-order chi connectivity index (χ0) is 17.2. The first-order valence-electron chi connectivity index (χ1n) is 10.6. The van der Waals surface area contributed by atoms with E-state index in [4.69, 9.17) is 0 Å². The standard InChI is InChI=1S/C22H36O2/c1-4-10-22(24)13-9-19-17-6-5-15-14-16(23)7-11-20(15,2)18(17)8-12-21(19,22)3/h15,17-19,24H,4-14H2,1-3H3/t15-,17+,18-,19+,20-,21-,22-/m0/s1. The normalized spacial score (nSPS) is 54.1. The molecular formula is C22H36O2. The first kappa shape index (κ1) is 17.1. The van der Waals surface area contributed by atoms with Crippen LogP contribution in [-0.4, -0.2) is 16.5 Å². The molecule has 4 aliphatic carbocycles. The van der Waals surface area contributed by atoms with E-state index in [2.05, 4.69) is 20.8 Å². The molecule has 2 nitrogen and oxygen atoms in total. The van der Waals surface area contributed by atoms with Crippen LogP contribution in [0.15, 0.2) is 0 Å². The van der Waals surface area contributed by atoms with E-state index < -0.39 is 5.60 Å². The Balaban J connectivity index is 1.62. The highest BCUT2D eigenvalue weighted by molar-refractivity contribution is 5.79. The Morgan fingerprint density at radius 1 is 1.04 bits per heavy atom. The number of fused-ring (bicyclic) bond motifs is 5. The maximum absolute atomic E-state index is 12.0. The van der Waals surface area contributed by atoms with Gasteiger partial charge in [0.25, 0.3) is 0 Å². The summed E-state index contributed by atoms with van der Waals surface area (Å²) < 4.78 is 0. The molecule has 4 rings (SSSR count). The number of Topliss-reactive ketones (excluding diaryl/α,β-unsaturated/α-hetero) is 1. The number of hydrogen-bond donors (Lipinski definition) is 1. The third-order valence-corrected chi connectivity index (χ3v) is 9.47. The monoisotopic (exact) mass is 332 g/mol. The first-order valence-corrected chi connectivity index (χ1v) is 10.6. The second kappa shape index (κ2) is 5.56. The molecule has 4 aliphatic rings. The number of hydrogen-bond acceptors (Lipinski definition) is 2. The molecule has 0 spiro atoms. The van der Waals surface area contributed by atoms with Crippen LogP contribution in [-0.2, 0) is 4.79 Å². The Morgan fingerprint density at radius 2 is 1.79 bits per heavy atom. The van der Waals surface area contributed by atoms with Crippen LogP contribution in [0.4, 0.5) is 0 Å². The Labute approximate surface area is 147 Å². The van der Waals surface area contributed by atoms with Gasteiger partial charge in [0.1, 0.15) is 5.78 Å². The van der Waals surface area contributed by atoms with Crippen LogP contribution in [0.3, 0.4) is 0 Å². The van der Waals surface area contributed by atoms with Crippen LogP contribution < -0.4 is 0 Å². The van der Waals surface area contributed by atoms with Crippen LogP contribution in [0.25, 0.3) is 0 Å². The van der Waals surface area contributed by atoms with E-state index in [9.17, 15) is 9.90 Å². The third-order valence-electron chi connectivity index (χ3n) is 9.47. The van der Waals surface area contributed by atoms with Gasteiger partial charge in [-0.15, -0.1) is 0 Å². The van der Waals surface area contributed by atoms with Crippen molar-refractivity contribution in [2.45, 2.75) is 97.0 Å². The van der Waals surface area contributed by atoms with Gasteiger partial charge in [0.15, 0.2) is 0 Å². The predicted octanol–water partition coefficient (Wildman–Crippen LogP) is 5.13. The minimum absolute atomic E-state index is 0.137. The van der Waals surface area contributed by atoms with Crippen LogP contribution in [0.1, 0.15) is 91.4 Å². The SMILES string of the molecule is CCC[C@]1(O)CC[C@@H]2[C@@H]3CC[C@H]4CC(=O)CC[C@]4(C)[C@H]3CC[C@@]21C. The highest BCUT2D eigenvalue weighted by Crippen LogP contribution is 2.68. The van der Waals surface area contributed by atoms with Crippen LogP contribution in [0, 0.1) is 34.5 Å². The number of rotatable bonds is 2. The van der Waals surface area contributed by atoms with E-state index in [0.29, 0.717) is 23.0 Å². The molecule has 0 aliphatic heterocycles. The lowest BCUT2D eigenvalue weighted by molar-refractivity contribution is -0.158. The van der Waals surface area contributed by atoms with Gasteiger partial charge in [0, 0.05) is 12.8 Å². The van der Waals surface area contributed by atoms with Gasteiger partial charge in [-0.25, -0.2) is 0 Å². The summed E-state index contributed by atoms with van der Waals surface area (Å²) in [5, 5.41) is 11.4. The van der Waals surface area contributed by atoms with E-state index in [-0.39, 0.29) is 5.41 Å². The lowest BCUT2D eigenvalue weighted by atomic mass is 9.44. The minimum Gasteiger partial charge on any atom is -0.389 e. The van der Waals surface area contributed by atoms with E-state index >= 15 is 0 Å². The molecule has 136 valence electrons. The largest absolute Gasteiger partial charge is 0.389 e. The van der Waals surface area contributed by atoms with Crippen LogP contribution in [0.2, 0.25) is 0 Å². The molecule has 0 aromatic carbocycles. The molecule has 0 amide bonds. The molecule has 4 saturated carbocycles. The smallest absolute Gasteiger partial charge is 0.133 e. The average molecular weight is 333 g/mol. The minimum atomic E-state index is -0.419. The highest BCUT2D eigenvalue weighted by Gasteiger charge is 2.64. The summed E-state index contributed by atoms with van der Waals surface area (Å²) in [5.74, 6) is 3.45. The first-order chi connectivity index (χ1) is 11.3. The Hall–Kier alpha value is -0.370. The Morgan fingerprint density at radius 3 is 2.54 bits per heavy atom. The summed E-state index contributed by atoms with van der Waals surface area (Å²) in [7, 11) is 0. The summed E-state index contributed by atoms with van der Waals surface area (Å²) in [6.07, 6.45) is 12.2. The summed E-state index contributed by atoms with van der Waals surface area (Å²) in [6, 6.07) is 0. The van der Waals surface area contributed by atoms with E-state index in [1.165, 1.54) is 32.1 Å². The van der Waals surface area contributed by atoms with Crippen molar-refractivity contribution in [1.29, 1.82) is 0 Å². The topological polar surface area (TPSA) is 37.3 Å². The molecule has 0 aromatic heterocycles. The van der Waals surface area contributed by atoms with Crippen molar-refractivity contribution in [3.05, 3.63) is 0 Å². The molecule has 2 heteroatoms. The lowest BCUT2D eigenvalue weighted by Gasteiger charge is -2.61. The van der Waals surface area contributed by atoms with Crippen LogP contribution in [0.5, 0.6) is 0 Å². The van der Waals surface area contributed by atoms with Crippen molar-refractivity contribution in [1.82, 2.24) is 0 Å². The summed E-state index contributed by atoms with van der Waals surface area (Å²) in [5.41, 5.74) is 0.110. The summed E-state index contributed by atoms with van der Waals surface area (Å²) in [6.45, 7) is 7.14. The van der Waals surface area contributed by atoms with Crippen molar-refractivity contribution in [2.24, 2.45) is 34.5 Å². The maximum atomic E-state index is 12.0. The van der Waals surface area contributed by atoms with Gasteiger partial charge in [0.05, 0.1) is 5.60 Å². The zero-order valence-electron chi connectivity index (χ0n) is 15.9. The molecule has 0 unspecified atom stereocenters. The molecule has 7 atom stereocenters. The van der Waals surface area contributed by atoms with E-state index in [1.807, 2.05) is 0 Å². The number of ketones is 1. The second-order valence-electron chi connectivity index (χ2n) is 10.2. The Bertz CT molecular complexity index is 528. The molecule has 0 aromatic rings. The van der Waals surface area contributed by atoms with Gasteiger partial charge in [-0.2, -0.15) is 0 Å². The van der Waals surface area contributed by atoms with Crippen molar-refractivity contribution < 1.29 is 9.90 Å². The molecule has 24 heavy (non-hydrogen) atoms. The molecule has 0 saturated heterocycles. The van der Waals surface area contributed by atoms with Crippen molar-refractivity contribution in [3.63, 3.8) is 0 Å².